The van der Waals surface area contributed by atoms with Gasteiger partial charge in [-0.2, -0.15) is 0 Å². The summed E-state index contributed by atoms with van der Waals surface area (Å²) < 4.78 is 53.4. The van der Waals surface area contributed by atoms with Gasteiger partial charge in [-0.3, -0.25) is 9.59 Å². The molecule has 6 aliphatic heterocycles. The molecule has 0 aromatic heterocycles. The summed E-state index contributed by atoms with van der Waals surface area (Å²) in [7, 11) is 1.72. The van der Waals surface area contributed by atoms with Gasteiger partial charge in [0, 0.05) is 56.0 Å². The van der Waals surface area contributed by atoms with Crippen molar-refractivity contribution in [3.63, 3.8) is 0 Å². The zero-order valence-electron chi connectivity index (χ0n) is 38.3. The van der Waals surface area contributed by atoms with Crippen LogP contribution in [0.15, 0.2) is 23.3 Å². The van der Waals surface area contributed by atoms with Gasteiger partial charge in [0.25, 0.3) is 0 Å². The van der Waals surface area contributed by atoms with E-state index in [4.69, 9.17) is 37.9 Å². The minimum Gasteiger partial charge on any atom is -0.481 e. The van der Waals surface area contributed by atoms with Crippen molar-refractivity contribution in [2.24, 2.45) is 41.4 Å². The van der Waals surface area contributed by atoms with E-state index in [0.717, 1.165) is 25.7 Å². The Morgan fingerprint density at radius 3 is 2.25 bits per heavy atom. The molecule has 0 amide bonds. The number of hydrogen-bond acceptors (Lipinski definition) is 12. The molecule has 2 spiro atoms. The summed E-state index contributed by atoms with van der Waals surface area (Å²) in [4.78, 5) is 24.6. The Morgan fingerprint density at radius 1 is 0.883 bits per heavy atom. The van der Waals surface area contributed by atoms with Crippen molar-refractivity contribution in [2.75, 3.05) is 13.7 Å². The standard InChI is InChI=1S/C47H76O13/c1-25(40(49)26(2)20-29(5)43(50)51)19-27(3)41-32(8)35(48)23-46(59-41)18-17-44(10,60-46)38-15-13-34(24-54-39-16-14-36(53-12)33(9)55-39)47(57-38)31(7)22-37(56-47)42-28(4)21-30(6)45(11,52)58-42/h19-20,27-39,41-42,48,52H,13-18,21-24H2,1-12H3,(H,50,51)/b25-19+,26-20+/t27-,28-,29-,30+,31?,32+,33+,34-,35-,36-,37+,38+,39+,41+,42-,44-,45-,46?,47?/m0/s1. The third kappa shape index (κ3) is 9.66. The van der Waals surface area contributed by atoms with Crippen LogP contribution in [0.3, 0.4) is 0 Å². The number of aliphatic carboxylic acids is 1. The van der Waals surface area contributed by atoms with Gasteiger partial charge in [0.05, 0.1) is 60.9 Å². The third-order valence-corrected chi connectivity index (χ3v) is 15.3. The normalized spacial score (nSPS) is 47.7. The number of carboxylic acid groups (broad SMARTS) is 1. The maximum atomic E-state index is 13.2. The highest BCUT2D eigenvalue weighted by Crippen LogP contribution is 2.56. The molecular weight excluding hydrogens is 773 g/mol. The van der Waals surface area contributed by atoms with Gasteiger partial charge in [0.15, 0.2) is 29.4 Å². The zero-order chi connectivity index (χ0) is 44.1. The highest BCUT2D eigenvalue weighted by atomic mass is 16.8. The molecule has 13 nitrogen and oxygen atoms in total. The molecule has 6 heterocycles. The second-order valence-corrected chi connectivity index (χ2v) is 20.2. The van der Waals surface area contributed by atoms with E-state index >= 15 is 0 Å². The number of ketones is 1. The van der Waals surface area contributed by atoms with Crippen LogP contribution >= 0.6 is 0 Å². The van der Waals surface area contributed by atoms with Crippen LogP contribution in [0.4, 0.5) is 0 Å². The average Bonchev–Trinajstić information content (AvgIpc) is 3.69. The molecule has 6 fully saturated rings. The first-order chi connectivity index (χ1) is 28.0. The number of carboxylic acids is 1. The van der Waals surface area contributed by atoms with Gasteiger partial charge in [-0.25, -0.2) is 0 Å². The zero-order valence-corrected chi connectivity index (χ0v) is 38.3. The Bertz CT molecular complexity index is 1600. The topological polar surface area (TPSA) is 169 Å². The number of aliphatic hydroxyl groups excluding tert-OH is 1. The second-order valence-electron chi connectivity index (χ2n) is 20.2. The number of aliphatic hydroxyl groups is 2. The molecule has 0 bridgehead atoms. The van der Waals surface area contributed by atoms with Gasteiger partial charge in [0.2, 0.25) is 0 Å². The number of allylic oxidation sites excluding steroid dienone is 2. The van der Waals surface area contributed by atoms with E-state index < -0.39 is 47.1 Å². The second kappa shape index (κ2) is 18.4. The van der Waals surface area contributed by atoms with E-state index in [-0.39, 0.29) is 78.1 Å². The van der Waals surface area contributed by atoms with E-state index in [1.54, 1.807) is 34.8 Å². The molecule has 6 aliphatic rings. The third-order valence-electron chi connectivity index (χ3n) is 15.3. The summed E-state index contributed by atoms with van der Waals surface area (Å²) in [6, 6.07) is 0. The largest absolute Gasteiger partial charge is 0.481 e. The average molecular weight is 849 g/mol. The number of methoxy groups -OCH3 is 1. The van der Waals surface area contributed by atoms with E-state index in [9.17, 15) is 24.9 Å². The fourth-order valence-corrected chi connectivity index (χ4v) is 11.3. The van der Waals surface area contributed by atoms with Crippen LogP contribution in [0.2, 0.25) is 0 Å². The number of carbonyl (C=O) groups excluding carboxylic acids is 1. The lowest BCUT2D eigenvalue weighted by Gasteiger charge is -2.52. The predicted octanol–water partition coefficient (Wildman–Crippen LogP) is 7.10. The minimum absolute atomic E-state index is 0.00952. The van der Waals surface area contributed by atoms with Crippen LogP contribution in [0.5, 0.6) is 0 Å². The Labute approximate surface area is 358 Å². The van der Waals surface area contributed by atoms with Crippen LogP contribution in [0, 0.1) is 41.4 Å². The van der Waals surface area contributed by atoms with Gasteiger partial charge < -0.3 is 53.2 Å². The summed E-state index contributed by atoms with van der Waals surface area (Å²) in [5.74, 6) is -5.75. The number of rotatable bonds is 12. The van der Waals surface area contributed by atoms with Gasteiger partial charge in [-0.1, -0.05) is 46.8 Å². The summed E-state index contributed by atoms with van der Waals surface area (Å²) in [6.45, 7) is 21.5. The van der Waals surface area contributed by atoms with E-state index in [0.29, 0.717) is 49.9 Å². The molecule has 0 radical (unpaired) electrons. The van der Waals surface area contributed by atoms with Gasteiger partial charge in [-0.15, -0.1) is 0 Å². The van der Waals surface area contributed by atoms with Crippen LogP contribution in [0.25, 0.3) is 0 Å². The van der Waals surface area contributed by atoms with E-state index in [1.807, 2.05) is 33.8 Å². The number of hydrogen-bond donors (Lipinski definition) is 3. The van der Waals surface area contributed by atoms with Crippen LogP contribution in [-0.4, -0.2) is 113 Å². The molecule has 3 unspecified atom stereocenters. The van der Waals surface area contributed by atoms with Crippen LogP contribution in [0.1, 0.15) is 134 Å². The molecule has 13 heteroatoms. The summed E-state index contributed by atoms with van der Waals surface area (Å²) in [6.07, 6.45) is 6.94. The van der Waals surface area contributed by atoms with Gasteiger partial charge in [0.1, 0.15) is 0 Å². The van der Waals surface area contributed by atoms with Crippen molar-refractivity contribution < 1.29 is 62.8 Å². The van der Waals surface area contributed by atoms with Crippen molar-refractivity contribution in [3.05, 3.63) is 23.3 Å². The Balaban J connectivity index is 1.20. The van der Waals surface area contributed by atoms with Gasteiger partial charge >= 0.3 is 5.97 Å². The highest BCUT2D eigenvalue weighted by Gasteiger charge is 2.64. The number of ether oxygens (including phenoxy) is 8. The summed E-state index contributed by atoms with van der Waals surface area (Å²) >= 11 is 0. The SMILES string of the molecule is CO[C@H]1CC[C@H](OC[C@@H]2CC[C@H]([C@]3(C)CCC4(C[C@H](O)[C@@H](C)[C@@H]([C@@H](C)/C=C(\C)C(=O)/C(C)=C/[C@H](C)C(=O)O)O4)O3)OC23O[C@@H]([C@H]2O[C@](C)(O)[C@H](C)C[C@@H]2C)CC3C)O[C@@H]1C. The maximum Gasteiger partial charge on any atom is 0.310 e. The quantitative estimate of drug-likeness (QED) is 0.170. The lowest BCUT2D eigenvalue weighted by atomic mass is 9.77. The molecule has 60 heavy (non-hydrogen) atoms. The predicted molar refractivity (Wildman–Crippen MR) is 222 cm³/mol. The molecule has 6 rings (SSSR count). The van der Waals surface area contributed by atoms with Crippen molar-refractivity contribution in [2.45, 2.75) is 206 Å². The lowest BCUT2D eigenvalue weighted by molar-refractivity contribution is -0.377. The maximum absolute atomic E-state index is 13.2. The fourth-order valence-electron chi connectivity index (χ4n) is 11.3. The van der Waals surface area contributed by atoms with Crippen molar-refractivity contribution in [1.82, 2.24) is 0 Å². The molecule has 3 N–H and O–H groups in total. The summed E-state index contributed by atoms with van der Waals surface area (Å²) in [5, 5.41) is 32.1. The monoisotopic (exact) mass is 849 g/mol. The molecule has 6 saturated heterocycles. The van der Waals surface area contributed by atoms with Crippen LogP contribution < -0.4 is 0 Å². The molecule has 0 aromatic rings. The van der Waals surface area contributed by atoms with E-state index in [2.05, 4.69) is 20.8 Å². The smallest absolute Gasteiger partial charge is 0.310 e. The first-order valence-electron chi connectivity index (χ1n) is 22.8. The number of carbonyl (C=O) groups is 2. The van der Waals surface area contributed by atoms with Gasteiger partial charge in [-0.05, 0) is 97.1 Å². The van der Waals surface area contributed by atoms with Crippen molar-refractivity contribution in [1.29, 1.82) is 0 Å². The van der Waals surface area contributed by atoms with Crippen molar-refractivity contribution in [3.8, 4) is 0 Å². The van der Waals surface area contributed by atoms with Crippen molar-refractivity contribution >= 4 is 11.8 Å². The Kier molecular flexibility index (Phi) is 14.6. The fraction of sp³-hybridized carbons (Fsp3) is 0.872. The summed E-state index contributed by atoms with van der Waals surface area (Å²) in [5.41, 5.74) is 0.109. The number of Topliss-reactive ketones (excluding diaryl/α,β-unsaturated/α-hetero) is 1. The lowest BCUT2D eigenvalue weighted by Crippen LogP contribution is -2.60. The minimum atomic E-state index is -1.26. The first kappa shape index (κ1) is 47.7. The first-order valence-corrected chi connectivity index (χ1v) is 22.8. The Hall–Kier alpha value is -1.78. The molecule has 0 aliphatic carbocycles. The highest BCUT2D eigenvalue weighted by molar-refractivity contribution is 6.07. The van der Waals surface area contributed by atoms with E-state index in [1.165, 1.54) is 6.08 Å². The Morgan fingerprint density at radius 2 is 1.58 bits per heavy atom. The molecule has 19 atom stereocenters. The molecule has 0 aromatic carbocycles. The van der Waals surface area contributed by atoms with Crippen LogP contribution in [-0.2, 0) is 47.5 Å². The molecular formula is C47H76O13. The molecule has 342 valence electrons. The molecule has 0 saturated carbocycles.